The lowest BCUT2D eigenvalue weighted by Gasteiger charge is -2.07. The molecule has 2 heterocycles. The molecule has 0 saturated carbocycles. The topological polar surface area (TPSA) is 100 Å². The van der Waals surface area contributed by atoms with Crippen LogP contribution in [0.1, 0.15) is 23.0 Å². The number of azide groups is 1. The third-order valence-corrected chi connectivity index (χ3v) is 4.98. The molecule has 23 heavy (non-hydrogen) atoms. The van der Waals surface area contributed by atoms with Gasteiger partial charge in [0, 0.05) is 15.8 Å². The van der Waals surface area contributed by atoms with Gasteiger partial charge in [-0.25, -0.2) is 4.79 Å². The molecule has 1 unspecified atom stereocenters. The van der Waals surface area contributed by atoms with Crippen molar-refractivity contribution in [3.05, 3.63) is 36.7 Å². The van der Waals surface area contributed by atoms with Crippen molar-refractivity contribution in [3.8, 4) is 5.75 Å². The first-order valence-electron chi connectivity index (χ1n) is 6.94. The summed E-state index contributed by atoms with van der Waals surface area (Å²) in [4.78, 5) is 17.9. The van der Waals surface area contributed by atoms with Gasteiger partial charge >= 0.3 is 5.97 Å². The molecule has 1 aromatic heterocycles. The normalized spacial score (nSPS) is 15.9. The Labute approximate surface area is 148 Å². The number of hydrogen-bond donors (Lipinski definition) is 1. The molecule has 2 aromatic rings. The quantitative estimate of drug-likeness (QED) is 0.326. The van der Waals surface area contributed by atoms with E-state index in [1.807, 2.05) is 6.07 Å². The number of hydrogen-bond acceptors (Lipinski definition) is 4. The summed E-state index contributed by atoms with van der Waals surface area (Å²) in [6.45, 7) is 2.31. The van der Waals surface area contributed by atoms with Crippen molar-refractivity contribution in [2.45, 2.75) is 19.4 Å². The van der Waals surface area contributed by atoms with Crippen molar-refractivity contribution in [1.29, 1.82) is 0 Å². The van der Waals surface area contributed by atoms with Crippen LogP contribution in [0.3, 0.4) is 0 Å². The van der Waals surface area contributed by atoms with Crippen LogP contribution in [-0.4, -0.2) is 30.2 Å². The molecule has 1 N–H and O–H groups in total. The van der Waals surface area contributed by atoms with Crippen LogP contribution < -0.4 is 4.74 Å². The smallest absolute Gasteiger partial charge is 0.355 e. The molecule has 7 nitrogen and oxygen atoms in total. The minimum absolute atomic E-state index is 0.203. The van der Waals surface area contributed by atoms with Gasteiger partial charge in [0.15, 0.2) is 0 Å². The molecule has 0 fully saturated rings. The molecular formula is C14H12Br2N4O3. The van der Waals surface area contributed by atoms with Crippen LogP contribution in [-0.2, 0) is 11.2 Å². The Kier molecular flexibility index (Phi) is 4.52. The maximum atomic E-state index is 12.1. The Morgan fingerprint density at radius 3 is 3.09 bits per heavy atom. The molecule has 1 aromatic carbocycles. The number of H-pyrrole nitrogens is 1. The van der Waals surface area contributed by atoms with Crippen LogP contribution in [0, 0.1) is 0 Å². The van der Waals surface area contributed by atoms with E-state index in [2.05, 4.69) is 46.9 Å². The third kappa shape index (κ3) is 2.80. The van der Waals surface area contributed by atoms with Gasteiger partial charge < -0.3 is 14.5 Å². The van der Waals surface area contributed by atoms with Crippen LogP contribution in [0.5, 0.6) is 5.75 Å². The van der Waals surface area contributed by atoms with E-state index in [1.165, 1.54) is 0 Å². The second-order valence-electron chi connectivity index (χ2n) is 4.99. The minimum Gasteiger partial charge on any atom is -0.489 e. The molecule has 1 atom stereocenters. The van der Waals surface area contributed by atoms with Gasteiger partial charge in [-0.3, -0.25) is 0 Å². The van der Waals surface area contributed by atoms with Gasteiger partial charge in [-0.1, -0.05) is 5.11 Å². The van der Waals surface area contributed by atoms with Crippen molar-refractivity contribution in [2.24, 2.45) is 5.11 Å². The number of carbonyl (C=O) groups excluding carboxylic acids is 1. The predicted molar refractivity (Wildman–Crippen MR) is 91.8 cm³/mol. The van der Waals surface area contributed by atoms with Gasteiger partial charge in [-0.2, -0.15) is 0 Å². The van der Waals surface area contributed by atoms with Gasteiger partial charge in [0.2, 0.25) is 0 Å². The van der Waals surface area contributed by atoms with Crippen molar-refractivity contribution in [2.75, 3.05) is 13.2 Å². The summed E-state index contributed by atoms with van der Waals surface area (Å²) < 4.78 is 12.4. The fraction of sp³-hybridized carbons (Fsp3) is 0.357. The maximum absolute atomic E-state index is 12.1. The molecule has 0 aliphatic carbocycles. The highest BCUT2D eigenvalue weighted by molar-refractivity contribution is 9.11. The lowest BCUT2D eigenvalue weighted by atomic mass is 10.1. The summed E-state index contributed by atoms with van der Waals surface area (Å²) in [7, 11) is 0. The average molecular weight is 444 g/mol. The number of aromatic nitrogens is 1. The molecule has 3 rings (SSSR count). The monoisotopic (exact) mass is 442 g/mol. The Hall–Kier alpha value is -1.70. The highest BCUT2D eigenvalue weighted by Crippen LogP contribution is 2.44. The predicted octanol–water partition coefficient (Wildman–Crippen LogP) is 4.48. The molecule has 1 aliphatic heterocycles. The van der Waals surface area contributed by atoms with E-state index in [9.17, 15) is 4.79 Å². The summed E-state index contributed by atoms with van der Waals surface area (Å²) >= 11 is 6.98. The van der Waals surface area contributed by atoms with Gasteiger partial charge in [0.1, 0.15) is 17.5 Å². The fourth-order valence-electron chi connectivity index (χ4n) is 2.63. The van der Waals surface area contributed by atoms with Crippen LogP contribution >= 0.6 is 31.9 Å². The highest BCUT2D eigenvalue weighted by atomic mass is 79.9. The van der Waals surface area contributed by atoms with E-state index in [0.29, 0.717) is 28.9 Å². The second-order valence-corrected chi connectivity index (χ2v) is 6.64. The molecule has 0 bridgehead atoms. The first kappa shape index (κ1) is 16.2. The van der Waals surface area contributed by atoms with Gasteiger partial charge in [-0.15, -0.1) is 0 Å². The van der Waals surface area contributed by atoms with Crippen molar-refractivity contribution in [1.82, 2.24) is 4.98 Å². The molecule has 9 heteroatoms. The zero-order chi connectivity index (χ0) is 16.6. The lowest BCUT2D eigenvalue weighted by Crippen LogP contribution is -2.16. The van der Waals surface area contributed by atoms with Crippen molar-refractivity contribution < 1.29 is 14.3 Å². The molecular weight excluding hydrogens is 432 g/mol. The Balaban J connectivity index is 2.10. The number of fused-ring (bicyclic) bond motifs is 3. The van der Waals surface area contributed by atoms with E-state index in [4.69, 9.17) is 15.0 Å². The van der Waals surface area contributed by atoms with Crippen molar-refractivity contribution in [3.63, 3.8) is 0 Å². The Bertz CT molecular complexity index is 842. The summed E-state index contributed by atoms with van der Waals surface area (Å²) in [5.74, 6) is 0.264. The van der Waals surface area contributed by atoms with E-state index in [-0.39, 0.29) is 12.6 Å². The second kappa shape index (κ2) is 6.43. The van der Waals surface area contributed by atoms with Crippen LogP contribution in [0.15, 0.2) is 20.1 Å². The number of nitrogens with zero attached hydrogens (tertiary/aromatic N) is 3. The van der Waals surface area contributed by atoms with Crippen LogP contribution in [0.25, 0.3) is 21.3 Å². The van der Waals surface area contributed by atoms with Crippen molar-refractivity contribution >= 4 is 48.7 Å². The van der Waals surface area contributed by atoms with Crippen LogP contribution in [0.2, 0.25) is 0 Å². The number of benzene rings is 1. The summed E-state index contributed by atoms with van der Waals surface area (Å²) in [6, 6.07) is 1.95. The van der Waals surface area contributed by atoms with Crippen LogP contribution in [0.4, 0.5) is 0 Å². The van der Waals surface area contributed by atoms with E-state index in [1.54, 1.807) is 6.92 Å². The summed E-state index contributed by atoms with van der Waals surface area (Å²) in [5.41, 5.74) is 10.5. The number of halogens is 2. The summed E-state index contributed by atoms with van der Waals surface area (Å²) in [5, 5.41) is 4.35. The third-order valence-electron chi connectivity index (χ3n) is 3.56. The lowest BCUT2D eigenvalue weighted by molar-refractivity contribution is 0.0519. The molecule has 120 valence electrons. The Morgan fingerprint density at radius 1 is 1.61 bits per heavy atom. The number of aromatic amines is 1. The SMILES string of the molecule is CCOC(=O)c1[nH]c2c(Br)cc3c(c2c1Br)OC(CN=[N+]=[N-])C3. The molecule has 0 saturated heterocycles. The zero-order valence-corrected chi connectivity index (χ0v) is 15.3. The van der Waals surface area contributed by atoms with E-state index in [0.717, 1.165) is 20.9 Å². The standard InChI is InChI=1S/C14H12Br2N4O3/c1-2-22-14(21)12-10(16)9-11(19-12)8(15)4-6-3-7(5-18-20-17)23-13(6)9/h4,7,19H,2-3,5H2,1H3. The molecule has 1 aliphatic rings. The highest BCUT2D eigenvalue weighted by Gasteiger charge is 2.29. The first-order valence-corrected chi connectivity index (χ1v) is 8.52. The summed E-state index contributed by atoms with van der Waals surface area (Å²) in [6.07, 6.45) is 0.446. The maximum Gasteiger partial charge on any atom is 0.355 e. The van der Waals surface area contributed by atoms with Gasteiger partial charge in [0.25, 0.3) is 0 Å². The minimum atomic E-state index is -0.431. The number of ether oxygens (including phenoxy) is 2. The average Bonchev–Trinajstić information content (AvgIpc) is 3.07. The fourth-order valence-corrected chi connectivity index (χ4v) is 3.85. The number of rotatable bonds is 4. The van der Waals surface area contributed by atoms with Gasteiger partial charge in [-0.05, 0) is 55.9 Å². The van der Waals surface area contributed by atoms with Gasteiger partial charge in [0.05, 0.1) is 28.5 Å². The molecule has 0 amide bonds. The first-order chi connectivity index (χ1) is 11.1. The largest absolute Gasteiger partial charge is 0.489 e. The van der Waals surface area contributed by atoms with E-state index >= 15 is 0 Å². The number of carbonyl (C=O) groups is 1. The zero-order valence-electron chi connectivity index (χ0n) is 12.1. The molecule has 0 radical (unpaired) electrons. The number of nitrogens with one attached hydrogen (secondary N) is 1. The number of esters is 1. The molecule has 0 spiro atoms. The Morgan fingerprint density at radius 2 is 2.39 bits per heavy atom. The van der Waals surface area contributed by atoms with E-state index < -0.39 is 5.97 Å².